The number of nitrogens with zero attached hydrogens (tertiary/aromatic N) is 3. The Labute approximate surface area is 118 Å². The zero-order chi connectivity index (χ0) is 14.2. The summed E-state index contributed by atoms with van der Waals surface area (Å²) in [7, 11) is -2.05. The molecular weight excluding hydrogens is 290 g/mol. The van der Waals surface area contributed by atoms with Crippen LogP contribution in [0.4, 0.5) is 0 Å². The highest BCUT2D eigenvalue weighted by molar-refractivity contribution is 7.89. The Morgan fingerprint density at radius 3 is 2.47 bits per heavy atom. The van der Waals surface area contributed by atoms with Gasteiger partial charge in [-0.25, -0.2) is 8.42 Å². The average molecular weight is 308 g/mol. The van der Waals surface area contributed by atoms with E-state index in [1.165, 1.54) is 15.2 Å². The van der Waals surface area contributed by atoms with Gasteiger partial charge in [-0.3, -0.25) is 4.68 Å². The fraction of sp³-hybridized carbons (Fsp3) is 0.727. The molecule has 0 radical (unpaired) electrons. The van der Waals surface area contributed by atoms with Crippen molar-refractivity contribution in [1.82, 2.24) is 14.1 Å². The summed E-state index contributed by atoms with van der Waals surface area (Å²) in [6.07, 6.45) is 2.25. The Hall–Kier alpha value is -0.630. The number of hydrogen-bond acceptors (Lipinski definition) is 4. The summed E-state index contributed by atoms with van der Waals surface area (Å²) in [5.74, 6) is 0.161. The molecule has 1 N–H and O–H groups in total. The Balaban J connectivity index is 2.19. The molecule has 1 saturated heterocycles. The van der Waals surface area contributed by atoms with Crippen molar-refractivity contribution in [3.63, 3.8) is 0 Å². The molecule has 1 atom stereocenters. The first-order valence-electron chi connectivity index (χ1n) is 6.19. The van der Waals surface area contributed by atoms with Crippen LogP contribution >= 0.6 is 11.6 Å². The van der Waals surface area contributed by atoms with Crippen LogP contribution in [0.3, 0.4) is 0 Å². The topological polar surface area (TPSA) is 75.4 Å². The predicted octanol–water partition coefficient (Wildman–Crippen LogP) is 0.855. The molecule has 1 aromatic heterocycles. The highest BCUT2D eigenvalue weighted by Gasteiger charge is 2.34. The van der Waals surface area contributed by atoms with Gasteiger partial charge in [0.25, 0.3) is 10.0 Å². The van der Waals surface area contributed by atoms with Crippen LogP contribution < -0.4 is 0 Å². The van der Waals surface area contributed by atoms with E-state index >= 15 is 0 Å². The summed E-state index contributed by atoms with van der Waals surface area (Å²) in [5.41, 5.74) is 0. The van der Waals surface area contributed by atoms with Crippen molar-refractivity contribution < 1.29 is 13.5 Å². The summed E-state index contributed by atoms with van der Waals surface area (Å²) in [6.45, 7) is 2.55. The van der Waals surface area contributed by atoms with Crippen molar-refractivity contribution in [3.8, 4) is 0 Å². The molecule has 0 aromatic carbocycles. The highest BCUT2D eigenvalue weighted by atomic mass is 35.5. The van der Waals surface area contributed by atoms with E-state index < -0.39 is 16.1 Å². The molecule has 0 spiro atoms. The third kappa shape index (κ3) is 2.79. The van der Waals surface area contributed by atoms with Crippen LogP contribution in [-0.4, -0.2) is 46.8 Å². The van der Waals surface area contributed by atoms with Gasteiger partial charge in [-0.05, 0) is 25.7 Å². The second-order valence-electron chi connectivity index (χ2n) is 4.90. The molecule has 6 nitrogen and oxygen atoms in total. The second kappa shape index (κ2) is 5.40. The molecule has 8 heteroatoms. The SMILES string of the molecule is CC(O)C1CCN(S(=O)(=O)c2c(Cl)cnn2C)CC1. The van der Waals surface area contributed by atoms with Crippen LogP contribution in [0, 0.1) is 5.92 Å². The summed E-state index contributed by atoms with van der Waals surface area (Å²) in [4.78, 5) is 0. The van der Waals surface area contributed by atoms with E-state index in [0.717, 1.165) is 0 Å². The third-order valence-electron chi connectivity index (χ3n) is 3.61. The average Bonchev–Trinajstić information content (AvgIpc) is 2.69. The molecule has 2 heterocycles. The molecule has 19 heavy (non-hydrogen) atoms. The van der Waals surface area contributed by atoms with Crippen molar-refractivity contribution >= 4 is 21.6 Å². The molecule has 0 bridgehead atoms. The number of aliphatic hydroxyl groups is 1. The third-order valence-corrected chi connectivity index (χ3v) is 6.01. The molecule has 0 aliphatic carbocycles. The quantitative estimate of drug-likeness (QED) is 0.898. The van der Waals surface area contributed by atoms with Gasteiger partial charge in [0, 0.05) is 20.1 Å². The number of aliphatic hydroxyl groups excluding tert-OH is 1. The first kappa shape index (κ1) is 14.8. The van der Waals surface area contributed by atoms with Gasteiger partial charge in [0.2, 0.25) is 0 Å². The summed E-state index contributed by atoms with van der Waals surface area (Å²) < 4.78 is 27.7. The van der Waals surface area contributed by atoms with Crippen molar-refractivity contribution in [1.29, 1.82) is 0 Å². The highest BCUT2D eigenvalue weighted by Crippen LogP contribution is 2.28. The van der Waals surface area contributed by atoms with Crippen LogP contribution in [0.25, 0.3) is 0 Å². The van der Waals surface area contributed by atoms with Gasteiger partial charge in [0.05, 0.1) is 17.3 Å². The molecule has 1 fully saturated rings. The van der Waals surface area contributed by atoms with Crippen molar-refractivity contribution in [2.75, 3.05) is 13.1 Å². The van der Waals surface area contributed by atoms with E-state index in [1.807, 2.05) is 0 Å². The molecular formula is C11H18ClN3O3S. The zero-order valence-electron chi connectivity index (χ0n) is 11.0. The van der Waals surface area contributed by atoms with E-state index in [4.69, 9.17) is 11.6 Å². The Bertz CT molecular complexity index is 528. The second-order valence-corrected chi connectivity index (χ2v) is 7.16. The van der Waals surface area contributed by atoms with Crippen LogP contribution in [0.2, 0.25) is 5.02 Å². The van der Waals surface area contributed by atoms with Crippen LogP contribution in [0.15, 0.2) is 11.2 Å². The van der Waals surface area contributed by atoms with Gasteiger partial charge >= 0.3 is 0 Å². The standard InChI is InChI=1S/C11H18ClN3O3S/c1-8(16)9-3-5-15(6-4-9)19(17,18)11-10(12)7-13-14(11)2/h7-9,16H,3-6H2,1-2H3. The minimum absolute atomic E-state index is 0.0321. The minimum Gasteiger partial charge on any atom is -0.393 e. The number of aryl methyl sites for hydroxylation is 1. The molecule has 0 saturated carbocycles. The lowest BCUT2D eigenvalue weighted by molar-refractivity contribution is 0.0911. The van der Waals surface area contributed by atoms with Gasteiger partial charge in [0.15, 0.2) is 5.03 Å². The molecule has 0 amide bonds. The van der Waals surface area contributed by atoms with E-state index in [1.54, 1.807) is 14.0 Å². The van der Waals surface area contributed by atoms with Gasteiger partial charge in [-0.15, -0.1) is 0 Å². The summed E-state index contributed by atoms with van der Waals surface area (Å²) >= 11 is 5.90. The van der Waals surface area contributed by atoms with Crippen molar-refractivity contribution in [3.05, 3.63) is 11.2 Å². The number of rotatable bonds is 3. The van der Waals surface area contributed by atoms with E-state index in [9.17, 15) is 13.5 Å². The summed E-state index contributed by atoms with van der Waals surface area (Å²) in [5, 5.41) is 13.6. The van der Waals surface area contributed by atoms with Gasteiger partial charge < -0.3 is 5.11 Å². The zero-order valence-corrected chi connectivity index (χ0v) is 12.5. The molecule has 1 aliphatic heterocycles. The Morgan fingerprint density at radius 2 is 2.05 bits per heavy atom. The molecule has 2 rings (SSSR count). The first-order chi connectivity index (χ1) is 8.84. The maximum absolute atomic E-state index is 12.5. The number of hydrogen-bond donors (Lipinski definition) is 1. The predicted molar refractivity (Wildman–Crippen MR) is 71.4 cm³/mol. The number of aromatic nitrogens is 2. The monoisotopic (exact) mass is 307 g/mol. The largest absolute Gasteiger partial charge is 0.393 e. The van der Waals surface area contributed by atoms with Gasteiger partial charge in [0.1, 0.15) is 0 Å². The maximum atomic E-state index is 12.5. The minimum atomic E-state index is -3.61. The maximum Gasteiger partial charge on any atom is 0.261 e. The van der Waals surface area contributed by atoms with Gasteiger partial charge in [-0.1, -0.05) is 11.6 Å². The van der Waals surface area contributed by atoms with Crippen LogP contribution in [0.1, 0.15) is 19.8 Å². The lowest BCUT2D eigenvalue weighted by atomic mass is 9.93. The van der Waals surface area contributed by atoms with E-state index in [-0.39, 0.29) is 16.0 Å². The molecule has 108 valence electrons. The fourth-order valence-corrected chi connectivity index (χ4v) is 4.49. The molecule has 1 aromatic rings. The molecule has 1 unspecified atom stereocenters. The molecule has 1 aliphatic rings. The smallest absolute Gasteiger partial charge is 0.261 e. The summed E-state index contributed by atoms with van der Waals surface area (Å²) in [6, 6.07) is 0. The van der Waals surface area contributed by atoms with Crippen LogP contribution in [-0.2, 0) is 17.1 Å². The van der Waals surface area contributed by atoms with E-state index in [0.29, 0.717) is 25.9 Å². The number of halogens is 1. The van der Waals surface area contributed by atoms with Crippen molar-refractivity contribution in [2.24, 2.45) is 13.0 Å². The van der Waals surface area contributed by atoms with Gasteiger partial charge in [-0.2, -0.15) is 9.40 Å². The van der Waals surface area contributed by atoms with E-state index in [2.05, 4.69) is 5.10 Å². The fourth-order valence-electron chi connectivity index (χ4n) is 2.41. The Kier molecular flexibility index (Phi) is 4.20. The lowest BCUT2D eigenvalue weighted by Crippen LogP contribution is -2.41. The number of sulfonamides is 1. The lowest BCUT2D eigenvalue weighted by Gasteiger charge is -2.32. The van der Waals surface area contributed by atoms with Crippen LogP contribution in [0.5, 0.6) is 0 Å². The normalized spacial score (nSPS) is 20.6. The first-order valence-corrected chi connectivity index (χ1v) is 8.01. The van der Waals surface area contributed by atoms with Crippen molar-refractivity contribution in [2.45, 2.75) is 30.9 Å². The Morgan fingerprint density at radius 1 is 1.47 bits per heavy atom. The number of piperidine rings is 1.